The third-order valence-corrected chi connectivity index (χ3v) is 7.31. The van der Waals surface area contributed by atoms with Gasteiger partial charge in [-0.3, -0.25) is 14.2 Å². The average Bonchev–Trinajstić information content (AvgIpc) is 3.16. The summed E-state index contributed by atoms with van der Waals surface area (Å²) in [6.07, 6.45) is 1.64. The fourth-order valence-corrected chi connectivity index (χ4v) is 5.65. The molecule has 0 saturated carbocycles. The van der Waals surface area contributed by atoms with Crippen molar-refractivity contribution in [3.63, 3.8) is 0 Å². The quantitative estimate of drug-likeness (QED) is 0.390. The van der Waals surface area contributed by atoms with E-state index in [1.165, 1.54) is 23.5 Å². The minimum absolute atomic E-state index is 0.0828. The Kier molecular flexibility index (Phi) is 6.53. The predicted octanol–water partition coefficient (Wildman–Crippen LogP) is 4.89. The molecular formula is C27H19Cl2N3O3S. The van der Waals surface area contributed by atoms with Crippen LogP contribution in [0.25, 0.3) is 6.08 Å². The molecule has 0 bridgehead atoms. The number of aromatic nitrogens is 1. The van der Waals surface area contributed by atoms with Crippen molar-refractivity contribution in [2.24, 2.45) is 4.99 Å². The molecule has 0 spiro atoms. The number of benzene rings is 3. The van der Waals surface area contributed by atoms with Crippen LogP contribution >= 0.6 is 34.5 Å². The molecule has 1 atom stereocenters. The molecule has 180 valence electrons. The lowest BCUT2D eigenvalue weighted by Gasteiger charge is -2.25. The lowest BCUT2D eigenvalue weighted by Crippen LogP contribution is -2.40. The summed E-state index contributed by atoms with van der Waals surface area (Å²) in [4.78, 5) is 32.3. The van der Waals surface area contributed by atoms with Gasteiger partial charge in [-0.15, -0.1) is 0 Å². The van der Waals surface area contributed by atoms with Gasteiger partial charge >= 0.3 is 0 Å². The van der Waals surface area contributed by atoms with Gasteiger partial charge in [0.2, 0.25) is 0 Å². The van der Waals surface area contributed by atoms with Crippen LogP contribution in [0, 0.1) is 0 Å². The highest BCUT2D eigenvalue weighted by Gasteiger charge is 2.32. The number of amides is 1. The Bertz CT molecular complexity index is 1670. The van der Waals surface area contributed by atoms with Crippen LogP contribution in [0.4, 0.5) is 5.69 Å². The van der Waals surface area contributed by atoms with E-state index in [0.717, 1.165) is 5.56 Å². The first-order valence-electron chi connectivity index (χ1n) is 11.0. The molecule has 4 aromatic rings. The Morgan fingerprint density at radius 2 is 1.67 bits per heavy atom. The second-order valence-corrected chi connectivity index (χ2v) is 9.97. The highest BCUT2D eigenvalue weighted by Crippen LogP contribution is 2.33. The van der Waals surface area contributed by atoms with E-state index in [1.807, 2.05) is 48.5 Å². The molecular weight excluding hydrogens is 517 g/mol. The first-order chi connectivity index (χ1) is 17.3. The van der Waals surface area contributed by atoms with E-state index >= 15 is 0 Å². The molecule has 1 amide bonds. The molecule has 1 aromatic heterocycles. The number of nitrogens with one attached hydrogen (secondary N) is 1. The number of rotatable bonds is 4. The number of phenols is 1. The topological polar surface area (TPSA) is 83.7 Å². The van der Waals surface area contributed by atoms with E-state index in [9.17, 15) is 14.7 Å². The standard InChI is InChI=1S/C27H19Cl2N3O3S/c1-15-22(25(34)31-18-10-6-3-7-11-18)23(17-8-4-2-5-9-17)32-26(35)21(36-27(32)30-15)14-16-12-19(28)24(33)20(29)13-16/h2-14,23,33H,1H3,(H,31,34)/b21-14-/t23-/m1/s1. The van der Waals surface area contributed by atoms with Crippen molar-refractivity contribution in [1.82, 2.24) is 4.57 Å². The van der Waals surface area contributed by atoms with Crippen molar-refractivity contribution in [2.75, 3.05) is 5.32 Å². The Morgan fingerprint density at radius 3 is 2.31 bits per heavy atom. The Balaban J connectivity index is 1.67. The smallest absolute Gasteiger partial charge is 0.271 e. The molecule has 0 radical (unpaired) electrons. The van der Waals surface area contributed by atoms with Gasteiger partial charge in [-0.25, -0.2) is 4.99 Å². The number of para-hydroxylation sites is 1. The van der Waals surface area contributed by atoms with Crippen LogP contribution in [0.5, 0.6) is 5.75 Å². The Labute approximate surface area is 220 Å². The number of fused-ring (bicyclic) bond motifs is 1. The molecule has 1 aliphatic rings. The first-order valence-corrected chi connectivity index (χ1v) is 12.5. The van der Waals surface area contributed by atoms with E-state index in [0.29, 0.717) is 31.9 Å². The van der Waals surface area contributed by atoms with Crippen molar-refractivity contribution in [3.05, 3.63) is 125 Å². The summed E-state index contributed by atoms with van der Waals surface area (Å²) in [5, 5.41) is 13.0. The lowest BCUT2D eigenvalue weighted by atomic mass is 9.95. The molecule has 2 N–H and O–H groups in total. The van der Waals surface area contributed by atoms with Gasteiger partial charge in [0.05, 0.1) is 31.9 Å². The van der Waals surface area contributed by atoms with Crippen molar-refractivity contribution in [1.29, 1.82) is 0 Å². The maximum Gasteiger partial charge on any atom is 0.271 e. The van der Waals surface area contributed by atoms with Gasteiger partial charge in [0.15, 0.2) is 10.6 Å². The van der Waals surface area contributed by atoms with Crippen LogP contribution < -0.4 is 20.2 Å². The zero-order valence-corrected chi connectivity index (χ0v) is 21.2. The maximum absolute atomic E-state index is 13.7. The molecule has 9 heteroatoms. The minimum atomic E-state index is -0.666. The predicted molar refractivity (Wildman–Crippen MR) is 143 cm³/mol. The molecule has 6 nitrogen and oxygen atoms in total. The molecule has 2 heterocycles. The second-order valence-electron chi connectivity index (χ2n) is 8.15. The zero-order chi connectivity index (χ0) is 25.4. The molecule has 0 aliphatic carbocycles. The number of carbonyl (C=O) groups excluding carboxylic acids is 1. The highest BCUT2D eigenvalue weighted by atomic mass is 35.5. The first kappa shape index (κ1) is 24.1. The highest BCUT2D eigenvalue weighted by molar-refractivity contribution is 7.07. The van der Waals surface area contributed by atoms with Gasteiger partial charge in [-0.1, -0.05) is 83.1 Å². The molecule has 1 aliphatic heterocycles. The largest absolute Gasteiger partial charge is 0.505 e. The molecule has 36 heavy (non-hydrogen) atoms. The number of aromatic hydroxyl groups is 1. The van der Waals surface area contributed by atoms with Crippen molar-refractivity contribution in [3.8, 4) is 5.75 Å². The third kappa shape index (κ3) is 4.48. The summed E-state index contributed by atoms with van der Waals surface area (Å²) in [7, 11) is 0. The lowest BCUT2D eigenvalue weighted by molar-refractivity contribution is -0.113. The van der Waals surface area contributed by atoms with E-state index in [-0.39, 0.29) is 27.3 Å². The maximum atomic E-state index is 13.7. The number of phenolic OH excluding ortho intramolecular Hbond substituents is 1. The van der Waals surface area contributed by atoms with E-state index in [1.54, 1.807) is 29.7 Å². The third-order valence-electron chi connectivity index (χ3n) is 5.75. The molecule has 0 saturated heterocycles. The summed E-state index contributed by atoms with van der Waals surface area (Å²) >= 11 is 13.3. The van der Waals surface area contributed by atoms with Crippen LogP contribution in [0.15, 0.2) is 93.9 Å². The number of hydrogen-bond donors (Lipinski definition) is 2. The molecule has 0 fully saturated rings. The van der Waals surface area contributed by atoms with Crippen LogP contribution in [-0.4, -0.2) is 15.6 Å². The van der Waals surface area contributed by atoms with Crippen molar-refractivity contribution in [2.45, 2.75) is 13.0 Å². The fourth-order valence-electron chi connectivity index (χ4n) is 4.10. The van der Waals surface area contributed by atoms with Crippen molar-refractivity contribution < 1.29 is 9.90 Å². The van der Waals surface area contributed by atoms with Crippen LogP contribution in [0.1, 0.15) is 24.1 Å². The van der Waals surface area contributed by atoms with E-state index in [4.69, 9.17) is 23.2 Å². The number of allylic oxidation sites excluding steroid dienone is 1. The summed E-state index contributed by atoms with van der Waals surface area (Å²) in [6, 6.07) is 20.9. The molecule has 3 aromatic carbocycles. The minimum Gasteiger partial charge on any atom is -0.505 e. The van der Waals surface area contributed by atoms with Gasteiger partial charge in [0, 0.05) is 5.69 Å². The summed E-state index contributed by atoms with van der Waals surface area (Å²) in [6.45, 7) is 1.77. The van der Waals surface area contributed by atoms with Gasteiger partial charge < -0.3 is 10.4 Å². The molecule has 5 rings (SSSR count). The number of halogens is 2. The second kappa shape index (κ2) is 9.78. The average molecular weight is 536 g/mol. The number of nitrogens with zero attached hydrogens (tertiary/aromatic N) is 2. The number of anilines is 1. The van der Waals surface area contributed by atoms with E-state index in [2.05, 4.69) is 10.3 Å². The van der Waals surface area contributed by atoms with Gasteiger partial charge in [0.1, 0.15) is 0 Å². The Morgan fingerprint density at radius 1 is 1.06 bits per heavy atom. The summed E-state index contributed by atoms with van der Waals surface area (Å²) in [5.41, 5.74) is 2.61. The normalized spacial score (nSPS) is 15.4. The van der Waals surface area contributed by atoms with Crippen LogP contribution in [0.2, 0.25) is 10.0 Å². The number of carbonyl (C=O) groups is 1. The Hall–Kier alpha value is -3.65. The van der Waals surface area contributed by atoms with Crippen LogP contribution in [-0.2, 0) is 4.79 Å². The van der Waals surface area contributed by atoms with Gasteiger partial charge in [-0.2, -0.15) is 0 Å². The monoisotopic (exact) mass is 535 g/mol. The van der Waals surface area contributed by atoms with E-state index < -0.39 is 6.04 Å². The summed E-state index contributed by atoms with van der Waals surface area (Å²) in [5.74, 6) is -0.548. The van der Waals surface area contributed by atoms with Gasteiger partial charge in [0.25, 0.3) is 11.5 Å². The zero-order valence-electron chi connectivity index (χ0n) is 18.9. The van der Waals surface area contributed by atoms with Crippen molar-refractivity contribution >= 4 is 52.2 Å². The number of hydrogen-bond acceptors (Lipinski definition) is 5. The molecule has 0 unspecified atom stereocenters. The SMILES string of the molecule is CC1=C(C(=O)Nc2ccccc2)[C@@H](c2ccccc2)n2c(s/c(=C\c3cc(Cl)c(O)c(Cl)c3)c2=O)=N1. The summed E-state index contributed by atoms with van der Waals surface area (Å²) < 4.78 is 1.94. The fraction of sp³-hybridized carbons (Fsp3) is 0.0741. The van der Waals surface area contributed by atoms with Gasteiger partial charge in [-0.05, 0) is 48.4 Å². The van der Waals surface area contributed by atoms with Crippen LogP contribution in [0.3, 0.4) is 0 Å². The number of thiazole rings is 1.